The van der Waals surface area contributed by atoms with Crippen molar-refractivity contribution in [3.63, 3.8) is 0 Å². The summed E-state index contributed by atoms with van der Waals surface area (Å²) in [4.78, 5) is 46.6. The van der Waals surface area contributed by atoms with Crippen LogP contribution in [0.3, 0.4) is 0 Å². The number of ether oxygens (including phenoxy) is 3. The molecule has 0 bridgehead atoms. The van der Waals surface area contributed by atoms with Crippen molar-refractivity contribution in [3.8, 4) is 5.75 Å². The van der Waals surface area contributed by atoms with E-state index in [1.807, 2.05) is 31.2 Å². The van der Waals surface area contributed by atoms with Gasteiger partial charge in [-0.25, -0.2) is 0 Å². The maximum absolute atomic E-state index is 11.8. The minimum Gasteiger partial charge on any atom is -0.550 e. The van der Waals surface area contributed by atoms with Gasteiger partial charge in [-0.3, -0.25) is 4.79 Å². The van der Waals surface area contributed by atoms with Crippen LogP contribution in [0.25, 0.3) is 0 Å². The highest BCUT2D eigenvalue weighted by atomic mass is 35.5. The van der Waals surface area contributed by atoms with Crippen LogP contribution < -0.4 is 20.1 Å². The van der Waals surface area contributed by atoms with Gasteiger partial charge in [-0.1, -0.05) is 35.9 Å². The number of benzene rings is 2. The van der Waals surface area contributed by atoms with E-state index in [2.05, 4.69) is 0 Å². The molecule has 1 heterocycles. The summed E-state index contributed by atoms with van der Waals surface area (Å²) in [5, 5.41) is 35.5. The van der Waals surface area contributed by atoms with Gasteiger partial charge in [0.1, 0.15) is 12.4 Å². The van der Waals surface area contributed by atoms with Crippen LogP contribution in [0.1, 0.15) is 55.9 Å². The molecule has 0 saturated carbocycles. The first-order chi connectivity index (χ1) is 19.0. The van der Waals surface area contributed by atoms with Gasteiger partial charge in [0.2, 0.25) is 0 Å². The summed E-state index contributed by atoms with van der Waals surface area (Å²) in [7, 11) is 0. The molecule has 1 saturated heterocycles. The van der Waals surface area contributed by atoms with Crippen molar-refractivity contribution < 1.29 is 48.7 Å². The topological polar surface area (TPSA) is 165 Å². The lowest BCUT2D eigenvalue weighted by atomic mass is 9.68. The molecular weight excluding hydrogens is 544 g/mol. The van der Waals surface area contributed by atoms with E-state index in [0.717, 1.165) is 18.2 Å². The average Bonchev–Trinajstić information content (AvgIpc) is 2.87. The number of carboxylic acids is 3. The number of esters is 1. The molecule has 10 nitrogen and oxygen atoms in total. The number of hydrogen-bond acceptors (Lipinski definition) is 10. The molecule has 1 aliphatic rings. The first-order valence-electron chi connectivity index (χ1n) is 12.9. The fourth-order valence-corrected chi connectivity index (χ4v) is 5.50. The van der Waals surface area contributed by atoms with E-state index in [1.54, 1.807) is 18.2 Å². The van der Waals surface area contributed by atoms with E-state index in [-0.39, 0.29) is 6.61 Å². The molecule has 0 radical (unpaired) electrons. The molecule has 3 rings (SSSR count). The van der Waals surface area contributed by atoms with Gasteiger partial charge in [0.15, 0.2) is 0 Å². The number of carbonyl (C=O) groups excluding carboxylic acids is 4. The Morgan fingerprint density at radius 1 is 0.875 bits per heavy atom. The van der Waals surface area contributed by atoms with Gasteiger partial charge >= 0.3 is 5.97 Å². The molecular formula is C29H30ClO10-3. The van der Waals surface area contributed by atoms with Gasteiger partial charge in [-0.15, -0.1) is 0 Å². The molecule has 0 spiro atoms. The highest BCUT2D eigenvalue weighted by molar-refractivity contribution is 6.31. The Morgan fingerprint density at radius 3 is 2.05 bits per heavy atom. The van der Waals surface area contributed by atoms with E-state index in [1.165, 1.54) is 0 Å². The van der Waals surface area contributed by atoms with E-state index >= 15 is 0 Å². The van der Waals surface area contributed by atoms with Crippen LogP contribution >= 0.6 is 11.6 Å². The van der Waals surface area contributed by atoms with E-state index < -0.39 is 73.1 Å². The van der Waals surface area contributed by atoms with Gasteiger partial charge in [-0.05, 0) is 85.3 Å². The first kappa shape index (κ1) is 30.9. The molecule has 2 aromatic rings. The summed E-state index contributed by atoms with van der Waals surface area (Å²) >= 11 is 6.49. The zero-order chi connectivity index (χ0) is 29.4. The monoisotopic (exact) mass is 573 g/mol. The summed E-state index contributed by atoms with van der Waals surface area (Å²) in [5.41, 5.74) is 2.12. The zero-order valence-corrected chi connectivity index (χ0v) is 22.9. The molecule has 40 heavy (non-hydrogen) atoms. The maximum Gasteiger partial charge on any atom is 0.302 e. The molecule has 0 amide bonds. The smallest absolute Gasteiger partial charge is 0.302 e. The van der Waals surface area contributed by atoms with Gasteiger partial charge in [-0.2, -0.15) is 0 Å². The van der Waals surface area contributed by atoms with Crippen LogP contribution in [0.4, 0.5) is 0 Å². The summed E-state index contributed by atoms with van der Waals surface area (Å²) in [6.07, 6.45) is -3.52. The Hall–Kier alpha value is -3.63. The Kier molecular flexibility index (Phi) is 10.9. The minimum atomic E-state index is -1.49. The zero-order valence-electron chi connectivity index (χ0n) is 22.1. The summed E-state index contributed by atoms with van der Waals surface area (Å²) < 4.78 is 16.8. The second-order valence-corrected chi connectivity index (χ2v) is 10.1. The maximum atomic E-state index is 11.8. The van der Waals surface area contributed by atoms with Crippen LogP contribution in [0.5, 0.6) is 5.75 Å². The quantitative estimate of drug-likeness (QED) is 0.310. The molecule has 1 fully saturated rings. The molecule has 216 valence electrons. The summed E-state index contributed by atoms with van der Waals surface area (Å²) in [6, 6.07) is 12.4. The van der Waals surface area contributed by atoms with Gasteiger partial charge in [0, 0.05) is 29.9 Å². The van der Waals surface area contributed by atoms with Crippen molar-refractivity contribution in [2.45, 2.75) is 51.7 Å². The number of halogens is 1. The summed E-state index contributed by atoms with van der Waals surface area (Å²) in [5.74, 6) is -7.42. The highest BCUT2D eigenvalue weighted by Crippen LogP contribution is 2.48. The standard InChI is InChI=1S/C29H33ClO10/c1-3-38-20-7-4-17(5-8-20)10-19-11-18(6-9-24(19)30)29-23(14-28(36)37)21(12-26(32)33)22(13-27(34)35)25(40-29)15-39-16(2)31/h4-9,11,21-23,25,29H,3,10,12-15H2,1-2H3,(H,32,33)(H,34,35)(H,36,37)/p-3/t21-,22+,23-,25-,29-/m0/s1. The van der Waals surface area contributed by atoms with Crippen molar-refractivity contribution in [1.82, 2.24) is 0 Å². The molecule has 1 aliphatic heterocycles. The van der Waals surface area contributed by atoms with Crippen LogP contribution in [0, 0.1) is 17.8 Å². The third-order valence-electron chi connectivity index (χ3n) is 6.97. The van der Waals surface area contributed by atoms with Crippen molar-refractivity contribution in [1.29, 1.82) is 0 Å². The van der Waals surface area contributed by atoms with Crippen LogP contribution in [-0.4, -0.2) is 43.2 Å². The molecule has 0 N–H and O–H groups in total. The predicted octanol–water partition coefficient (Wildman–Crippen LogP) is 0.601. The normalized spacial score (nSPS) is 22.3. The first-order valence-corrected chi connectivity index (χ1v) is 13.2. The summed E-state index contributed by atoms with van der Waals surface area (Å²) in [6.45, 7) is 3.22. The number of carboxylic acid groups (broad SMARTS) is 3. The second-order valence-electron chi connectivity index (χ2n) is 9.72. The molecule has 5 atom stereocenters. The largest absolute Gasteiger partial charge is 0.550 e. The second kappa shape index (κ2) is 14.1. The fraction of sp³-hybridized carbons (Fsp3) is 0.448. The fourth-order valence-electron chi connectivity index (χ4n) is 5.31. The third kappa shape index (κ3) is 8.43. The third-order valence-corrected chi connectivity index (χ3v) is 7.34. The van der Waals surface area contributed by atoms with Crippen molar-refractivity contribution in [3.05, 3.63) is 64.2 Å². The lowest BCUT2D eigenvalue weighted by Crippen LogP contribution is -2.50. The molecule has 11 heteroatoms. The van der Waals surface area contributed by atoms with Crippen molar-refractivity contribution >= 4 is 35.5 Å². The Bertz CT molecular complexity index is 1210. The SMILES string of the molecule is CCOc1ccc(Cc2cc([C@@H]3O[C@@H](COC(C)=O)[C@H](CC(=O)[O-])[C@H](CC(=O)[O-])[C@@H]3CC(=O)[O-])ccc2Cl)cc1. The minimum absolute atomic E-state index is 0.363. The number of rotatable bonds is 13. The van der Waals surface area contributed by atoms with Crippen LogP contribution in [-0.2, 0) is 35.1 Å². The molecule has 0 unspecified atom stereocenters. The Morgan fingerprint density at radius 2 is 1.48 bits per heavy atom. The number of hydrogen-bond donors (Lipinski definition) is 0. The highest BCUT2D eigenvalue weighted by Gasteiger charge is 2.46. The van der Waals surface area contributed by atoms with Crippen molar-refractivity contribution in [2.24, 2.45) is 17.8 Å². The van der Waals surface area contributed by atoms with E-state index in [4.69, 9.17) is 25.8 Å². The van der Waals surface area contributed by atoms with E-state index in [0.29, 0.717) is 29.2 Å². The van der Waals surface area contributed by atoms with Crippen LogP contribution in [0.2, 0.25) is 5.02 Å². The van der Waals surface area contributed by atoms with Crippen LogP contribution in [0.15, 0.2) is 42.5 Å². The average molecular weight is 574 g/mol. The molecule has 0 aliphatic carbocycles. The Balaban J connectivity index is 2.03. The van der Waals surface area contributed by atoms with Gasteiger partial charge in [0.05, 0.1) is 18.8 Å². The number of aliphatic carboxylic acids is 3. The van der Waals surface area contributed by atoms with Crippen molar-refractivity contribution in [2.75, 3.05) is 13.2 Å². The predicted molar refractivity (Wildman–Crippen MR) is 135 cm³/mol. The molecule has 0 aromatic heterocycles. The Labute approximate surface area is 236 Å². The lowest BCUT2D eigenvalue weighted by Gasteiger charge is -2.48. The number of carbonyl (C=O) groups is 4. The van der Waals surface area contributed by atoms with E-state index in [9.17, 15) is 34.5 Å². The lowest BCUT2D eigenvalue weighted by molar-refractivity contribution is -0.318. The molecule has 2 aromatic carbocycles. The van der Waals surface area contributed by atoms with Gasteiger partial charge < -0.3 is 43.9 Å². The van der Waals surface area contributed by atoms with Gasteiger partial charge in [0.25, 0.3) is 0 Å².